The third kappa shape index (κ3) is 6.42. The molecule has 4 nitrogen and oxygen atoms in total. The average Bonchev–Trinajstić information content (AvgIpc) is 2.39. The smallest absolute Gasteiger partial charge is 0.239 e. The summed E-state index contributed by atoms with van der Waals surface area (Å²) in [4.78, 5) is 12.8. The fraction of sp³-hybridized carbons (Fsp3) is 0.462. The van der Waals surface area contributed by atoms with Gasteiger partial charge in [-0.15, -0.1) is 11.8 Å². The summed E-state index contributed by atoms with van der Waals surface area (Å²) in [6.45, 7) is 2.88. The third-order valence-electron chi connectivity index (χ3n) is 2.40. The lowest BCUT2D eigenvalue weighted by molar-refractivity contribution is -0.123. The maximum atomic E-state index is 11.6. The van der Waals surface area contributed by atoms with Gasteiger partial charge in [-0.05, 0) is 24.3 Å². The number of rotatable bonds is 7. The normalized spacial score (nSPS) is 13.9. The Hall–Kier alpha value is -0.560. The van der Waals surface area contributed by atoms with Crippen molar-refractivity contribution in [1.29, 1.82) is 0 Å². The Labute approximate surface area is 126 Å². The molecule has 0 fully saturated rings. The van der Waals surface area contributed by atoms with Gasteiger partial charge in [0.15, 0.2) is 0 Å². The topological polar surface area (TPSA) is 64.3 Å². The Morgan fingerprint density at radius 3 is 2.68 bits per heavy atom. The lowest BCUT2D eigenvalue weighted by Gasteiger charge is -2.15. The Balaban J connectivity index is 2.33. The second-order valence-corrected chi connectivity index (χ2v) is 6.62. The highest BCUT2D eigenvalue weighted by Crippen LogP contribution is 2.24. The van der Waals surface area contributed by atoms with Crippen LogP contribution in [0.1, 0.15) is 6.92 Å². The Morgan fingerprint density at radius 2 is 2.11 bits per heavy atom. The van der Waals surface area contributed by atoms with Crippen LogP contribution in [0.2, 0.25) is 0 Å². The van der Waals surface area contributed by atoms with E-state index in [1.165, 1.54) is 12.0 Å². The fourth-order valence-electron chi connectivity index (χ4n) is 1.42. The van der Waals surface area contributed by atoms with E-state index in [-0.39, 0.29) is 17.8 Å². The molecule has 2 unspecified atom stereocenters. The molecule has 0 aliphatic carbocycles. The number of carbonyl (C=O) groups excluding carboxylic acids is 1. The molecule has 1 aromatic rings. The maximum Gasteiger partial charge on any atom is 0.239 e. The molecular weight excluding hydrogens is 328 g/mol. The standard InChI is InChI=1S/C13H19BrN2O2S/c1-9(7-16-13(17)12(15)8-18-2)19-11-5-3-10(14)4-6-11/h3-6,9,12H,7-8,15H2,1-2H3,(H,16,17). The first-order valence-corrected chi connectivity index (χ1v) is 7.64. The predicted molar refractivity (Wildman–Crippen MR) is 82.3 cm³/mol. The zero-order chi connectivity index (χ0) is 14.3. The number of benzene rings is 1. The molecule has 19 heavy (non-hydrogen) atoms. The number of hydrogen-bond acceptors (Lipinski definition) is 4. The lowest BCUT2D eigenvalue weighted by Crippen LogP contribution is -2.45. The van der Waals surface area contributed by atoms with Crippen LogP contribution in [0.3, 0.4) is 0 Å². The number of nitrogens with one attached hydrogen (secondary N) is 1. The predicted octanol–water partition coefficient (Wildman–Crippen LogP) is 2.02. The zero-order valence-corrected chi connectivity index (χ0v) is 13.5. The molecule has 6 heteroatoms. The van der Waals surface area contributed by atoms with Crippen molar-refractivity contribution in [1.82, 2.24) is 5.32 Å². The van der Waals surface area contributed by atoms with Gasteiger partial charge in [0.25, 0.3) is 0 Å². The van der Waals surface area contributed by atoms with Crippen LogP contribution < -0.4 is 11.1 Å². The molecule has 1 amide bonds. The molecule has 1 aromatic carbocycles. The monoisotopic (exact) mass is 346 g/mol. The van der Waals surface area contributed by atoms with Gasteiger partial charge in [0.2, 0.25) is 5.91 Å². The summed E-state index contributed by atoms with van der Waals surface area (Å²) in [5.41, 5.74) is 5.63. The van der Waals surface area contributed by atoms with Crippen LogP contribution in [0.4, 0.5) is 0 Å². The van der Waals surface area contributed by atoms with E-state index in [0.717, 1.165) is 4.47 Å². The largest absolute Gasteiger partial charge is 0.383 e. The second-order valence-electron chi connectivity index (χ2n) is 4.19. The summed E-state index contributed by atoms with van der Waals surface area (Å²) in [6.07, 6.45) is 0. The van der Waals surface area contributed by atoms with E-state index in [1.807, 2.05) is 24.3 Å². The van der Waals surface area contributed by atoms with E-state index in [0.29, 0.717) is 6.54 Å². The van der Waals surface area contributed by atoms with Gasteiger partial charge >= 0.3 is 0 Å². The summed E-state index contributed by atoms with van der Waals surface area (Å²) >= 11 is 5.11. The molecule has 0 heterocycles. The van der Waals surface area contributed by atoms with Gasteiger partial charge in [0, 0.05) is 28.3 Å². The minimum Gasteiger partial charge on any atom is -0.383 e. The maximum absolute atomic E-state index is 11.6. The molecule has 2 atom stereocenters. The molecule has 0 aliphatic rings. The van der Waals surface area contributed by atoms with Gasteiger partial charge in [-0.25, -0.2) is 0 Å². The minimum atomic E-state index is -0.602. The van der Waals surface area contributed by atoms with E-state index in [1.54, 1.807) is 11.8 Å². The van der Waals surface area contributed by atoms with Gasteiger partial charge in [-0.2, -0.15) is 0 Å². The van der Waals surface area contributed by atoms with Gasteiger partial charge in [-0.1, -0.05) is 22.9 Å². The minimum absolute atomic E-state index is 0.176. The van der Waals surface area contributed by atoms with Crippen molar-refractivity contribution in [3.8, 4) is 0 Å². The van der Waals surface area contributed by atoms with E-state index in [4.69, 9.17) is 10.5 Å². The Morgan fingerprint density at radius 1 is 1.47 bits per heavy atom. The number of ether oxygens (including phenoxy) is 1. The molecule has 0 saturated heterocycles. The van der Waals surface area contributed by atoms with E-state index in [2.05, 4.69) is 28.2 Å². The molecule has 0 aromatic heterocycles. The molecule has 106 valence electrons. The molecule has 0 aliphatic heterocycles. The van der Waals surface area contributed by atoms with Gasteiger partial charge in [0.05, 0.1) is 6.61 Å². The van der Waals surface area contributed by atoms with Crippen LogP contribution in [0.5, 0.6) is 0 Å². The number of amides is 1. The number of thioether (sulfide) groups is 1. The van der Waals surface area contributed by atoms with Crippen LogP contribution in [0.25, 0.3) is 0 Å². The van der Waals surface area contributed by atoms with Crippen molar-refractivity contribution >= 4 is 33.6 Å². The van der Waals surface area contributed by atoms with Gasteiger partial charge in [0.1, 0.15) is 6.04 Å². The van der Waals surface area contributed by atoms with Crippen molar-refractivity contribution in [2.45, 2.75) is 23.1 Å². The number of carbonyl (C=O) groups is 1. The van der Waals surface area contributed by atoms with Crippen molar-refractivity contribution < 1.29 is 9.53 Å². The molecular formula is C13H19BrN2O2S. The van der Waals surface area contributed by atoms with Gasteiger partial charge in [-0.3, -0.25) is 4.79 Å². The molecule has 3 N–H and O–H groups in total. The van der Waals surface area contributed by atoms with E-state index >= 15 is 0 Å². The first-order chi connectivity index (χ1) is 9.02. The van der Waals surface area contributed by atoms with E-state index < -0.39 is 6.04 Å². The quantitative estimate of drug-likeness (QED) is 0.741. The summed E-state index contributed by atoms with van der Waals surface area (Å²) in [5.74, 6) is -0.176. The summed E-state index contributed by atoms with van der Waals surface area (Å²) in [5, 5.41) is 3.10. The summed E-state index contributed by atoms with van der Waals surface area (Å²) in [6, 6.07) is 7.49. The first kappa shape index (κ1) is 16.5. The van der Waals surface area contributed by atoms with Crippen LogP contribution >= 0.6 is 27.7 Å². The second kappa shape index (κ2) is 8.58. The highest BCUT2D eigenvalue weighted by atomic mass is 79.9. The van der Waals surface area contributed by atoms with Crippen LogP contribution in [-0.2, 0) is 9.53 Å². The lowest BCUT2D eigenvalue weighted by atomic mass is 10.3. The third-order valence-corrected chi connectivity index (χ3v) is 4.04. The number of halogens is 1. The molecule has 0 radical (unpaired) electrons. The molecule has 1 rings (SSSR count). The summed E-state index contributed by atoms with van der Waals surface area (Å²) in [7, 11) is 1.53. The van der Waals surface area contributed by atoms with Crippen LogP contribution in [-0.4, -0.2) is 37.5 Å². The van der Waals surface area contributed by atoms with E-state index in [9.17, 15) is 4.79 Å². The number of hydrogen-bond donors (Lipinski definition) is 2. The molecule has 0 bridgehead atoms. The fourth-order valence-corrected chi connectivity index (χ4v) is 2.61. The SMILES string of the molecule is COCC(N)C(=O)NCC(C)Sc1ccc(Br)cc1. The molecule has 0 spiro atoms. The van der Waals surface area contributed by atoms with Crippen molar-refractivity contribution in [3.05, 3.63) is 28.7 Å². The average molecular weight is 347 g/mol. The van der Waals surface area contributed by atoms with Crippen molar-refractivity contribution in [2.24, 2.45) is 5.73 Å². The summed E-state index contributed by atoms with van der Waals surface area (Å²) < 4.78 is 5.90. The Bertz CT molecular complexity index is 400. The first-order valence-electron chi connectivity index (χ1n) is 5.97. The van der Waals surface area contributed by atoms with Crippen molar-refractivity contribution in [2.75, 3.05) is 20.3 Å². The van der Waals surface area contributed by atoms with Gasteiger partial charge < -0.3 is 15.8 Å². The van der Waals surface area contributed by atoms with Crippen LogP contribution in [0.15, 0.2) is 33.6 Å². The molecule has 0 saturated carbocycles. The highest BCUT2D eigenvalue weighted by Gasteiger charge is 2.14. The highest BCUT2D eigenvalue weighted by molar-refractivity contribution is 9.10. The number of methoxy groups -OCH3 is 1. The van der Waals surface area contributed by atoms with Crippen molar-refractivity contribution in [3.63, 3.8) is 0 Å². The Kier molecular flexibility index (Phi) is 7.45. The number of nitrogens with two attached hydrogens (primary N) is 1. The zero-order valence-electron chi connectivity index (χ0n) is 11.1. The van der Waals surface area contributed by atoms with Crippen LogP contribution in [0, 0.1) is 0 Å².